The van der Waals surface area contributed by atoms with Gasteiger partial charge in [-0.1, -0.05) is 42.5 Å². The zero-order valence-electron chi connectivity index (χ0n) is 26.6. The number of thiazole rings is 1. The quantitative estimate of drug-likeness (QED) is 0.161. The Morgan fingerprint density at radius 3 is 2.49 bits per heavy atom. The summed E-state index contributed by atoms with van der Waals surface area (Å²) in [6.45, 7) is 8.76. The Morgan fingerprint density at radius 2 is 1.70 bits per heavy atom. The SMILES string of the molecule is CC(C)N1CCN(c2ccc(Nc3nccc(-c4c(-c5cccc(NC(=O)CCc6ccccc6)c5)nc5sccn45)n3)cc2)CC1. The van der Waals surface area contributed by atoms with Crippen LogP contribution in [0.1, 0.15) is 25.8 Å². The van der Waals surface area contributed by atoms with Crippen LogP contribution in [0.25, 0.3) is 27.6 Å². The molecule has 0 aliphatic carbocycles. The Morgan fingerprint density at radius 1 is 0.894 bits per heavy atom. The van der Waals surface area contributed by atoms with E-state index in [2.05, 4.69) is 67.9 Å². The number of fused-ring (bicyclic) bond motifs is 1. The van der Waals surface area contributed by atoms with Gasteiger partial charge in [0.2, 0.25) is 11.9 Å². The maximum absolute atomic E-state index is 12.8. The van der Waals surface area contributed by atoms with E-state index in [1.54, 1.807) is 17.5 Å². The van der Waals surface area contributed by atoms with Gasteiger partial charge in [-0.3, -0.25) is 14.1 Å². The molecule has 9 nitrogen and oxygen atoms in total. The van der Waals surface area contributed by atoms with Crippen LogP contribution in [0.2, 0.25) is 0 Å². The molecule has 0 unspecified atom stereocenters. The molecule has 10 heteroatoms. The first kappa shape index (κ1) is 30.6. The van der Waals surface area contributed by atoms with Gasteiger partial charge in [0.25, 0.3) is 0 Å². The molecule has 7 rings (SSSR count). The fourth-order valence-electron chi connectivity index (χ4n) is 6.03. The highest BCUT2D eigenvalue weighted by atomic mass is 32.1. The van der Waals surface area contributed by atoms with Crippen LogP contribution in [0, 0.1) is 0 Å². The average molecular weight is 643 g/mol. The number of carbonyl (C=O) groups is 1. The summed E-state index contributed by atoms with van der Waals surface area (Å²) in [5, 5.41) is 8.47. The highest BCUT2D eigenvalue weighted by Gasteiger charge is 2.20. The van der Waals surface area contributed by atoms with Gasteiger partial charge in [-0.15, -0.1) is 11.3 Å². The lowest BCUT2D eigenvalue weighted by atomic mass is 10.1. The minimum Gasteiger partial charge on any atom is -0.369 e. The van der Waals surface area contributed by atoms with Crippen LogP contribution < -0.4 is 15.5 Å². The molecule has 1 saturated heterocycles. The lowest BCUT2D eigenvalue weighted by Crippen LogP contribution is -2.48. The Balaban J connectivity index is 1.08. The van der Waals surface area contributed by atoms with E-state index < -0.39 is 0 Å². The average Bonchev–Trinajstić information content (AvgIpc) is 3.71. The molecule has 4 heterocycles. The molecule has 6 aromatic rings. The largest absolute Gasteiger partial charge is 0.369 e. The molecule has 3 aromatic heterocycles. The number of piperazine rings is 1. The van der Waals surface area contributed by atoms with Crippen molar-refractivity contribution in [2.24, 2.45) is 0 Å². The topological polar surface area (TPSA) is 90.7 Å². The molecule has 1 amide bonds. The number of benzene rings is 3. The van der Waals surface area contributed by atoms with Crippen LogP contribution in [0.15, 0.2) is 103 Å². The molecule has 0 radical (unpaired) electrons. The Hall–Kier alpha value is -5.06. The predicted octanol–water partition coefficient (Wildman–Crippen LogP) is 7.37. The van der Waals surface area contributed by atoms with Gasteiger partial charge < -0.3 is 15.5 Å². The van der Waals surface area contributed by atoms with Gasteiger partial charge in [0, 0.05) is 79.0 Å². The highest BCUT2D eigenvalue weighted by Crippen LogP contribution is 2.35. The van der Waals surface area contributed by atoms with Crippen molar-refractivity contribution in [3.63, 3.8) is 0 Å². The number of amides is 1. The van der Waals surface area contributed by atoms with Crippen molar-refractivity contribution in [1.82, 2.24) is 24.3 Å². The molecule has 2 N–H and O–H groups in total. The third-order valence-corrected chi connectivity index (χ3v) is 9.35. The standard InChI is InChI=1S/C37H38N8OS/c1-26(2)43-19-21-44(22-20-43)31-14-12-29(13-15-31)40-36-38-18-17-32(41-36)35-34(42-37-45(35)23-24-47-37)28-9-6-10-30(25-28)39-33(46)16-11-27-7-4-3-5-8-27/h3-10,12-15,17-18,23-26H,11,16,19-22H2,1-2H3,(H,39,46)(H,38,40,41). The fourth-order valence-corrected chi connectivity index (χ4v) is 6.75. The monoisotopic (exact) mass is 642 g/mol. The van der Waals surface area contributed by atoms with E-state index in [0.717, 1.165) is 70.7 Å². The molecular formula is C37H38N8OS. The van der Waals surface area contributed by atoms with Crippen LogP contribution in [0.3, 0.4) is 0 Å². The molecule has 1 fully saturated rings. The van der Waals surface area contributed by atoms with Crippen LogP contribution >= 0.6 is 11.3 Å². The minimum absolute atomic E-state index is 0.0229. The second-order valence-corrected chi connectivity index (χ2v) is 12.9. The Bertz CT molecular complexity index is 1960. The Labute approximate surface area is 279 Å². The summed E-state index contributed by atoms with van der Waals surface area (Å²) >= 11 is 1.57. The minimum atomic E-state index is -0.0229. The maximum atomic E-state index is 12.8. The van der Waals surface area contributed by atoms with Crippen molar-refractivity contribution in [2.45, 2.75) is 32.7 Å². The third kappa shape index (κ3) is 7.03. The van der Waals surface area contributed by atoms with Crippen LogP contribution in [-0.2, 0) is 11.2 Å². The number of aromatic nitrogens is 4. The first-order chi connectivity index (χ1) is 23.0. The molecule has 0 saturated carbocycles. The molecule has 0 bridgehead atoms. The lowest BCUT2D eigenvalue weighted by molar-refractivity contribution is -0.116. The zero-order valence-corrected chi connectivity index (χ0v) is 27.5. The van der Waals surface area contributed by atoms with Crippen LogP contribution in [0.4, 0.5) is 23.0 Å². The van der Waals surface area contributed by atoms with Gasteiger partial charge >= 0.3 is 0 Å². The summed E-state index contributed by atoms with van der Waals surface area (Å²) in [6, 6.07) is 28.9. The lowest BCUT2D eigenvalue weighted by Gasteiger charge is -2.38. The van der Waals surface area contributed by atoms with E-state index in [0.29, 0.717) is 24.8 Å². The molecular weight excluding hydrogens is 605 g/mol. The molecule has 47 heavy (non-hydrogen) atoms. The first-order valence-electron chi connectivity index (χ1n) is 16.1. The molecule has 1 aliphatic rings. The van der Waals surface area contributed by atoms with Crippen molar-refractivity contribution in [1.29, 1.82) is 0 Å². The zero-order chi connectivity index (χ0) is 32.2. The molecule has 238 valence electrons. The summed E-state index contributed by atoms with van der Waals surface area (Å²) in [5.74, 6) is 0.488. The summed E-state index contributed by atoms with van der Waals surface area (Å²) in [6.07, 6.45) is 4.88. The third-order valence-electron chi connectivity index (χ3n) is 8.60. The number of imidazole rings is 1. The smallest absolute Gasteiger partial charge is 0.227 e. The van der Waals surface area contributed by atoms with E-state index in [1.165, 1.54) is 5.69 Å². The highest BCUT2D eigenvalue weighted by molar-refractivity contribution is 7.15. The number of anilines is 4. The van der Waals surface area contributed by atoms with Gasteiger partial charge in [-0.05, 0) is 68.3 Å². The maximum Gasteiger partial charge on any atom is 0.227 e. The summed E-state index contributed by atoms with van der Waals surface area (Å²) in [7, 11) is 0. The van der Waals surface area contributed by atoms with Crippen molar-refractivity contribution < 1.29 is 4.79 Å². The molecule has 0 spiro atoms. The predicted molar refractivity (Wildman–Crippen MR) is 192 cm³/mol. The van der Waals surface area contributed by atoms with Gasteiger partial charge in [-0.25, -0.2) is 15.0 Å². The van der Waals surface area contributed by atoms with Gasteiger partial charge in [0.15, 0.2) is 4.96 Å². The van der Waals surface area contributed by atoms with E-state index >= 15 is 0 Å². The summed E-state index contributed by atoms with van der Waals surface area (Å²) in [4.78, 5) is 33.0. The van der Waals surface area contributed by atoms with E-state index in [9.17, 15) is 4.79 Å². The molecule has 0 atom stereocenters. The number of hydrogen-bond donors (Lipinski definition) is 2. The molecule has 3 aromatic carbocycles. The summed E-state index contributed by atoms with van der Waals surface area (Å²) < 4.78 is 2.06. The van der Waals surface area contributed by atoms with Crippen LogP contribution in [-0.4, -0.2) is 62.4 Å². The number of hydrogen-bond acceptors (Lipinski definition) is 8. The second-order valence-electron chi connectivity index (χ2n) is 12.0. The van der Waals surface area contributed by atoms with E-state index in [4.69, 9.17) is 9.97 Å². The van der Waals surface area contributed by atoms with Crippen molar-refractivity contribution in [3.8, 4) is 22.6 Å². The van der Waals surface area contributed by atoms with Crippen molar-refractivity contribution >= 4 is 45.2 Å². The number of nitrogens with one attached hydrogen (secondary N) is 2. The second kappa shape index (κ2) is 13.7. The van der Waals surface area contributed by atoms with E-state index in [1.807, 2.05) is 72.2 Å². The van der Waals surface area contributed by atoms with Crippen LogP contribution in [0.5, 0.6) is 0 Å². The van der Waals surface area contributed by atoms with Crippen molar-refractivity contribution in [3.05, 3.63) is 108 Å². The number of nitrogens with zero attached hydrogens (tertiary/aromatic N) is 6. The number of carbonyl (C=O) groups excluding carboxylic acids is 1. The Kier molecular flexibility index (Phi) is 8.94. The first-order valence-corrected chi connectivity index (χ1v) is 17.0. The van der Waals surface area contributed by atoms with Crippen molar-refractivity contribution in [2.75, 3.05) is 41.7 Å². The normalized spacial score (nSPS) is 13.7. The van der Waals surface area contributed by atoms with Gasteiger partial charge in [0.1, 0.15) is 5.69 Å². The number of rotatable bonds is 10. The molecule has 1 aliphatic heterocycles. The van der Waals surface area contributed by atoms with Gasteiger partial charge in [0.05, 0.1) is 11.4 Å². The fraction of sp³-hybridized carbons (Fsp3) is 0.243. The number of aryl methyl sites for hydroxylation is 1. The summed E-state index contributed by atoms with van der Waals surface area (Å²) in [5.41, 5.74) is 7.35. The van der Waals surface area contributed by atoms with E-state index in [-0.39, 0.29) is 5.91 Å². The van der Waals surface area contributed by atoms with Gasteiger partial charge in [-0.2, -0.15) is 0 Å².